The molecule has 1 aliphatic rings. The zero-order chi connectivity index (χ0) is 15.5. The van der Waals surface area contributed by atoms with Gasteiger partial charge in [-0.3, -0.25) is 4.79 Å². The van der Waals surface area contributed by atoms with E-state index in [-0.39, 0.29) is 17.2 Å². The molecule has 0 aliphatic heterocycles. The average Bonchev–Trinajstić information content (AvgIpc) is 2.84. The molecule has 0 saturated carbocycles. The number of hydrogen-bond acceptors (Lipinski definition) is 4. The van der Waals surface area contributed by atoms with E-state index in [0.717, 1.165) is 16.2 Å². The smallest absolute Gasteiger partial charge is 0.233 e. The lowest BCUT2D eigenvalue weighted by molar-refractivity contribution is -0.121. The first-order valence-corrected chi connectivity index (χ1v) is 8.17. The highest BCUT2D eigenvalue weighted by Crippen LogP contribution is 2.32. The molecule has 1 aromatic carbocycles. The van der Waals surface area contributed by atoms with Crippen molar-refractivity contribution in [2.75, 3.05) is 0 Å². The van der Waals surface area contributed by atoms with Crippen LogP contribution < -0.4 is 5.32 Å². The zero-order valence-electron chi connectivity index (χ0n) is 12.3. The number of benzene rings is 1. The van der Waals surface area contributed by atoms with Gasteiger partial charge in [0.1, 0.15) is 0 Å². The van der Waals surface area contributed by atoms with Gasteiger partial charge in [-0.1, -0.05) is 42.1 Å². The van der Waals surface area contributed by atoms with Gasteiger partial charge in [0.2, 0.25) is 5.91 Å². The summed E-state index contributed by atoms with van der Waals surface area (Å²) in [6, 6.07) is 13.2. The summed E-state index contributed by atoms with van der Waals surface area (Å²) in [5, 5.41) is 13.7. The van der Waals surface area contributed by atoms with Crippen molar-refractivity contribution in [2.24, 2.45) is 0 Å². The van der Waals surface area contributed by atoms with Gasteiger partial charge < -0.3 is 10.4 Å². The number of carbonyl (C=O) groups is 1. The molecule has 3 rings (SSSR count). The number of rotatable bonds is 4. The number of aliphatic hydroxyl groups is 1. The average molecular weight is 314 g/mol. The molecular formula is C17H18N2O2S. The predicted molar refractivity (Wildman–Crippen MR) is 86.6 cm³/mol. The number of carbonyl (C=O) groups excluding carboxylic acids is 1. The summed E-state index contributed by atoms with van der Waals surface area (Å²) in [5.74, 6) is -0.0867. The third-order valence-electron chi connectivity index (χ3n) is 3.81. The summed E-state index contributed by atoms with van der Waals surface area (Å²) < 4.78 is 0. The third kappa shape index (κ3) is 3.15. The van der Waals surface area contributed by atoms with Gasteiger partial charge in [0.25, 0.3) is 0 Å². The van der Waals surface area contributed by atoms with E-state index < -0.39 is 6.10 Å². The Morgan fingerprint density at radius 3 is 2.86 bits per heavy atom. The Morgan fingerprint density at radius 1 is 1.32 bits per heavy atom. The molecular weight excluding hydrogens is 296 g/mol. The normalized spacial score (nSPS) is 21.2. The number of fused-ring (bicyclic) bond motifs is 1. The molecule has 0 fully saturated rings. The predicted octanol–water partition coefficient (Wildman–Crippen LogP) is 2.34. The van der Waals surface area contributed by atoms with E-state index in [1.54, 1.807) is 6.20 Å². The molecule has 2 aromatic rings. The van der Waals surface area contributed by atoms with Crippen molar-refractivity contribution in [3.63, 3.8) is 0 Å². The van der Waals surface area contributed by atoms with Gasteiger partial charge >= 0.3 is 0 Å². The summed E-state index contributed by atoms with van der Waals surface area (Å²) in [6.07, 6.45) is 1.74. The van der Waals surface area contributed by atoms with Crippen LogP contribution in [0.5, 0.6) is 0 Å². The Bertz CT molecular complexity index is 663. The van der Waals surface area contributed by atoms with Crippen molar-refractivity contribution in [1.82, 2.24) is 10.3 Å². The molecule has 1 aliphatic carbocycles. The highest BCUT2D eigenvalue weighted by atomic mass is 32.2. The number of amides is 1. The summed E-state index contributed by atoms with van der Waals surface area (Å²) in [6.45, 7) is 1.85. The first-order valence-electron chi connectivity index (χ1n) is 7.29. The molecule has 1 heterocycles. The molecule has 114 valence electrons. The second-order valence-corrected chi connectivity index (χ2v) is 6.75. The lowest BCUT2D eigenvalue weighted by Crippen LogP contribution is -2.38. The van der Waals surface area contributed by atoms with Crippen LogP contribution in [0.3, 0.4) is 0 Å². The van der Waals surface area contributed by atoms with Gasteiger partial charge in [-0.2, -0.15) is 0 Å². The fourth-order valence-corrected chi connectivity index (χ4v) is 3.49. The zero-order valence-corrected chi connectivity index (χ0v) is 13.1. The number of aliphatic hydroxyl groups excluding tert-OH is 1. The van der Waals surface area contributed by atoms with Gasteiger partial charge in [0.05, 0.1) is 22.4 Å². The standard InChI is InChI=1S/C17H18N2O2S/c1-11(22-15-8-4-5-9-18-15)17(21)19-16-13-7-3-2-6-12(13)10-14(16)20/h2-9,11,14,16,20H,10H2,1H3,(H,19,21). The third-order valence-corrected chi connectivity index (χ3v) is 4.86. The monoisotopic (exact) mass is 314 g/mol. The summed E-state index contributed by atoms with van der Waals surface area (Å²) in [7, 11) is 0. The van der Waals surface area contributed by atoms with Gasteiger partial charge in [-0.15, -0.1) is 0 Å². The fourth-order valence-electron chi connectivity index (χ4n) is 2.67. The maximum absolute atomic E-state index is 12.4. The summed E-state index contributed by atoms with van der Waals surface area (Å²) in [5.41, 5.74) is 2.11. The lowest BCUT2D eigenvalue weighted by Gasteiger charge is -2.20. The Hall–Kier alpha value is -1.85. The summed E-state index contributed by atoms with van der Waals surface area (Å²) >= 11 is 1.41. The van der Waals surface area contributed by atoms with E-state index in [1.165, 1.54) is 11.8 Å². The molecule has 1 aromatic heterocycles. The first kappa shape index (κ1) is 15.1. The number of thioether (sulfide) groups is 1. The van der Waals surface area contributed by atoms with Crippen molar-refractivity contribution in [1.29, 1.82) is 0 Å². The van der Waals surface area contributed by atoms with Crippen LogP contribution in [0.1, 0.15) is 24.1 Å². The van der Waals surface area contributed by atoms with Crippen LogP contribution in [0.25, 0.3) is 0 Å². The maximum atomic E-state index is 12.4. The topological polar surface area (TPSA) is 62.2 Å². The Kier molecular flexibility index (Phi) is 4.45. The lowest BCUT2D eigenvalue weighted by atomic mass is 10.1. The Morgan fingerprint density at radius 2 is 2.09 bits per heavy atom. The first-order chi connectivity index (χ1) is 10.6. The van der Waals surface area contributed by atoms with Crippen molar-refractivity contribution < 1.29 is 9.90 Å². The number of hydrogen-bond donors (Lipinski definition) is 2. The molecule has 0 bridgehead atoms. The molecule has 0 spiro atoms. The van der Waals surface area contributed by atoms with E-state index in [9.17, 15) is 9.90 Å². The largest absolute Gasteiger partial charge is 0.390 e. The number of pyridine rings is 1. The number of nitrogens with one attached hydrogen (secondary N) is 1. The van der Waals surface area contributed by atoms with Crippen molar-refractivity contribution in [3.05, 3.63) is 59.8 Å². The molecule has 3 unspecified atom stereocenters. The van der Waals surface area contributed by atoms with Gasteiger partial charge in [-0.05, 0) is 30.2 Å². The molecule has 5 heteroatoms. The Balaban J connectivity index is 1.67. The summed E-state index contributed by atoms with van der Waals surface area (Å²) in [4.78, 5) is 16.6. The molecule has 2 N–H and O–H groups in total. The number of nitrogens with zero attached hydrogens (tertiary/aromatic N) is 1. The van der Waals surface area contributed by atoms with Crippen LogP contribution in [0.4, 0.5) is 0 Å². The fraction of sp³-hybridized carbons (Fsp3) is 0.294. The quantitative estimate of drug-likeness (QED) is 0.850. The van der Waals surface area contributed by atoms with Crippen molar-refractivity contribution >= 4 is 17.7 Å². The van der Waals surface area contributed by atoms with Crippen LogP contribution >= 0.6 is 11.8 Å². The highest BCUT2D eigenvalue weighted by Gasteiger charge is 2.32. The van der Waals surface area contributed by atoms with E-state index in [0.29, 0.717) is 6.42 Å². The van der Waals surface area contributed by atoms with Crippen LogP contribution in [0, 0.1) is 0 Å². The minimum atomic E-state index is -0.562. The van der Waals surface area contributed by atoms with Crippen LogP contribution in [-0.4, -0.2) is 27.4 Å². The molecule has 4 nitrogen and oxygen atoms in total. The molecule has 3 atom stereocenters. The second-order valence-electron chi connectivity index (χ2n) is 5.38. The molecule has 0 radical (unpaired) electrons. The van der Waals surface area contributed by atoms with Crippen LogP contribution in [0.15, 0.2) is 53.7 Å². The van der Waals surface area contributed by atoms with E-state index in [1.807, 2.05) is 49.4 Å². The minimum Gasteiger partial charge on any atom is -0.390 e. The SMILES string of the molecule is CC(Sc1ccccn1)C(=O)NC1c2ccccc2CC1O. The molecule has 0 saturated heterocycles. The maximum Gasteiger partial charge on any atom is 0.233 e. The van der Waals surface area contributed by atoms with E-state index in [4.69, 9.17) is 0 Å². The molecule has 22 heavy (non-hydrogen) atoms. The van der Waals surface area contributed by atoms with Crippen LogP contribution in [-0.2, 0) is 11.2 Å². The highest BCUT2D eigenvalue weighted by molar-refractivity contribution is 8.00. The van der Waals surface area contributed by atoms with Gasteiger partial charge in [0.15, 0.2) is 0 Å². The Labute approximate surface area is 134 Å². The minimum absolute atomic E-state index is 0.0867. The van der Waals surface area contributed by atoms with E-state index >= 15 is 0 Å². The van der Waals surface area contributed by atoms with Gasteiger partial charge in [-0.25, -0.2) is 4.98 Å². The van der Waals surface area contributed by atoms with Crippen LogP contribution in [0.2, 0.25) is 0 Å². The van der Waals surface area contributed by atoms with E-state index in [2.05, 4.69) is 10.3 Å². The van der Waals surface area contributed by atoms with Crippen molar-refractivity contribution in [2.45, 2.75) is 35.8 Å². The molecule has 1 amide bonds. The second kappa shape index (κ2) is 6.50. The van der Waals surface area contributed by atoms with Crippen molar-refractivity contribution in [3.8, 4) is 0 Å². The number of aromatic nitrogens is 1. The van der Waals surface area contributed by atoms with Gasteiger partial charge in [0, 0.05) is 12.6 Å².